The number of carbonyl (C=O) groups excluding carboxylic acids is 2. The number of carbonyl (C=O) groups is 2. The predicted octanol–water partition coefficient (Wildman–Crippen LogP) is 4.86. The third-order valence-electron chi connectivity index (χ3n) is 7.01. The summed E-state index contributed by atoms with van der Waals surface area (Å²) in [4.78, 5) is 36.1. The highest BCUT2D eigenvalue weighted by atomic mass is 32.1. The van der Waals surface area contributed by atoms with Crippen molar-refractivity contribution in [1.29, 1.82) is 5.26 Å². The van der Waals surface area contributed by atoms with E-state index in [0.29, 0.717) is 10.6 Å². The van der Waals surface area contributed by atoms with Crippen molar-refractivity contribution in [2.24, 2.45) is 5.92 Å². The fourth-order valence-corrected chi connectivity index (χ4v) is 6.69. The minimum Gasteiger partial charge on any atom is -0.273 e. The molecule has 3 heterocycles. The van der Waals surface area contributed by atoms with Crippen LogP contribution in [0.4, 0.5) is 10.7 Å². The van der Waals surface area contributed by atoms with E-state index in [0.717, 1.165) is 52.9 Å². The molecule has 1 aliphatic carbocycles. The van der Waals surface area contributed by atoms with Gasteiger partial charge in [-0.25, -0.2) is 9.96 Å². The van der Waals surface area contributed by atoms with Crippen molar-refractivity contribution in [3.8, 4) is 6.07 Å². The molecule has 2 aromatic carbocycles. The molecule has 0 unspecified atom stereocenters. The number of hydrogen-bond donors (Lipinski definition) is 0. The first-order valence-corrected chi connectivity index (χ1v) is 12.4. The van der Waals surface area contributed by atoms with Gasteiger partial charge in [0.15, 0.2) is 6.10 Å². The first-order valence-electron chi connectivity index (χ1n) is 11.6. The van der Waals surface area contributed by atoms with Gasteiger partial charge >= 0.3 is 0 Å². The van der Waals surface area contributed by atoms with Crippen molar-refractivity contribution < 1.29 is 14.4 Å². The summed E-state index contributed by atoms with van der Waals surface area (Å²) in [7, 11) is 0. The van der Waals surface area contributed by atoms with E-state index in [1.54, 1.807) is 5.06 Å². The van der Waals surface area contributed by atoms with Crippen LogP contribution in [0.25, 0.3) is 0 Å². The lowest BCUT2D eigenvalue weighted by atomic mass is 9.90. The van der Waals surface area contributed by atoms with E-state index >= 15 is 0 Å². The molecular weight excluding hydrogens is 446 g/mol. The Kier molecular flexibility index (Phi) is 5.01. The number of anilines is 2. The average Bonchev–Trinajstić information content (AvgIpc) is 3.50. The second-order valence-corrected chi connectivity index (χ2v) is 10.2. The number of thiophene rings is 1. The fraction of sp³-hybridized carbons (Fsp3) is 0.296. The highest BCUT2D eigenvalue weighted by Gasteiger charge is 2.61. The molecule has 0 saturated carbocycles. The minimum absolute atomic E-state index is 0.297. The number of nitrogens with zero attached hydrogens (tertiary/aromatic N) is 3. The Morgan fingerprint density at radius 2 is 1.74 bits per heavy atom. The third kappa shape index (κ3) is 3.10. The number of hydroxylamine groups is 1. The van der Waals surface area contributed by atoms with Crippen molar-refractivity contribution in [2.75, 3.05) is 9.96 Å². The van der Waals surface area contributed by atoms with E-state index in [1.807, 2.05) is 61.5 Å². The van der Waals surface area contributed by atoms with E-state index in [2.05, 4.69) is 6.07 Å². The zero-order valence-electron chi connectivity index (χ0n) is 18.7. The molecule has 2 amide bonds. The van der Waals surface area contributed by atoms with E-state index in [-0.39, 0.29) is 11.8 Å². The van der Waals surface area contributed by atoms with Gasteiger partial charge < -0.3 is 0 Å². The van der Waals surface area contributed by atoms with Gasteiger partial charge in [-0.05, 0) is 55.9 Å². The summed E-state index contributed by atoms with van der Waals surface area (Å²) >= 11 is 1.42. The lowest BCUT2D eigenvalue weighted by Crippen LogP contribution is -2.37. The van der Waals surface area contributed by atoms with Crippen LogP contribution in [0.15, 0.2) is 54.6 Å². The number of rotatable bonds is 3. The van der Waals surface area contributed by atoms with Gasteiger partial charge in [-0.15, -0.1) is 11.3 Å². The van der Waals surface area contributed by atoms with Crippen molar-refractivity contribution in [3.05, 3.63) is 81.7 Å². The topological polar surface area (TPSA) is 73.6 Å². The summed E-state index contributed by atoms with van der Waals surface area (Å²) in [6, 6.07) is 19.4. The Hall–Kier alpha value is -3.47. The molecule has 6 nitrogen and oxygen atoms in total. The number of aryl methyl sites for hydroxylation is 2. The Labute approximate surface area is 201 Å². The van der Waals surface area contributed by atoms with Crippen molar-refractivity contribution in [2.45, 2.75) is 44.8 Å². The van der Waals surface area contributed by atoms with E-state index in [9.17, 15) is 14.9 Å². The molecule has 7 heteroatoms. The van der Waals surface area contributed by atoms with Crippen molar-refractivity contribution in [1.82, 2.24) is 0 Å². The highest BCUT2D eigenvalue weighted by molar-refractivity contribution is 7.17. The first-order chi connectivity index (χ1) is 16.6. The maximum absolute atomic E-state index is 13.9. The second-order valence-electron chi connectivity index (χ2n) is 9.08. The smallest absolute Gasteiger partial charge is 0.267 e. The summed E-state index contributed by atoms with van der Waals surface area (Å²) in [5.74, 6) is -1.38. The molecule has 1 aromatic heterocycles. The van der Waals surface area contributed by atoms with Gasteiger partial charge in [-0.3, -0.25) is 14.4 Å². The maximum atomic E-state index is 13.9. The summed E-state index contributed by atoms with van der Waals surface area (Å²) < 4.78 is 0. The summed E-state index contributed by atoms with van der Waals surface area (Å²) in [5, 5.41) is 12.1. The van der Waals surface area contributed by atoms with Gasteiger partial charge in [0, 0.05) is 4.88 Å². The Balaban J connectivity index is 1.44. The maximum Gasteiger partial charge on any atom is 0.267 e. The molecule has 3 aliphatic rings. The summed E-state index contributed by atoms with van der Waals surface area (Å²) in [5.41, 5.74) is 4.31. The Morgan fingerprint density at radius 1 is 1.00 bits per heavy atom. The van der Waals surface area contributed by atoms with Gasteiger partial charge in [0.2, 0.25) is 5.91 Å². The van der Waals surface area contributed by atoms with Crippen LogP contribution in [0.5, 0.6) is 0 Å². The monoisotopic (exact) mass is 469 g/mol. The minimum atomic E-state index is -0.926. The molecular formula is C27H23N3O3S. The van der Waals surface area contributed by atoms with Crippen molar-refractivity contribution in [3.63, 3.8) is 0 Å². The van der Waals surface area contributed by atoms with Crippen LogP contribution in [-0.2, 0) is 27.3 Å². The van der Waals surface area contributed by atoms with E-state index < -0.39 is 18.1 Å². The van der Waals surface area contributed by atoms with Gasteiger partial charge in [0.1, 0.15) is 17.0 Å². The number of imide groups is 1. The quantitative estimate of drug-likeness (QED) is 0.512. The summed E-state index contributed by atoms with van der Waals surface area (Å²) in [6.45, 7) is 2.01. The van der Waals surface area contributed by atoms with Crippen LogP contribution >= 0.6 is 11.3 Å². The zero-order valence-corrected chi connectivity index (χ0v) is 19.5. The molecule has 2 saturated heterocycles. The van der Waals surface area contributed by atoms with Gasteiger partial charge in [0.25, 0.3) is 5.91 Å². The Bertz CT molecular complexity index is 1330. The predicted molar refractivity (Wildman–Crippen MR) is 129 cm³/mol. The summed E-state index contributed by atoms with van der Waals surface area (Å²) in [6.07, 6.45) is 2.87. The number of para-hydroxylation sites is 1. The van der Waals surface area contributed by atoms with Crippen LogP contribution in [0, 0.1) is 24.2 Å². The molecule has 2 aliphatic heterocycles. The molecule has 3 atom stereocenters. The molecule has 0 N–H and O–H groups in total. The molecule has 0 bridgehead atoms. The lowest BCUT2D eigenvalue weighted by Gasteiger charge is -2.28. The molecule has 2 fully saturated rings. The van der Waals surface area contributed by atoms with Crippen LogP contribution < -0.4 is 9.96 Å². The van der Waals surface area contributed by atoms with Gasteiger partial charge in [-0.2, -0.15) is 5.26 Å². The average molecular weight is 470 g/mol. The van der Waals surface area contributed by atoms with Crippen LogP contribution in [0.2, 0.25) is 0 Å². The number of hydrogen-bond acceptors (Lipinski definition) is 6. The third-order valence-corrected chi connectivity index (χ3v) is 8.29. The number of amides is 2. The molecule has 3 aromatic rings. The van der Waals surface area contributed by atoms with E-state index in [4.69, 9.17) is 4.84 Å². The molecule has 0 spiro atoms. The van der Waals surface area contributed by atoms with E-state index in [1.165, 1.54) is 16.2 Å². The number of benzene rings is 2. The van der Waals surface area contributed by atoms with Crippen LogP contribution in [0.3, 0.4) is 0 Å². The van der Waals surface area contributed by atoms with Crippen LogP contribution in [0.1, 0.15) is 46.0 Å². The SMILES string of the molecule is Cc1ccc([C@H]2[C@@H]3C(=O)N(c4sc5c(c4C#N)CCCC5)C(=O)[C@@H]3ON2c2ccccc2)cc1. The van der Waals surface area contributed by atoms with Crippen LogP contribution in [-0.4, -0.2) is 17.9 Å². The lowest BCUT2D eigenvalue weighted by molar-refractivity contribution is -0.126. The molecule has 170 valence electrons. The van der Waals surface area contributed by atoms with Gasteiger partial charge in [-0.1, -0.05) is 48.0 Å². The van der Waals surface area contributed by atoms with Crippen molar-refractivity contribution >= 4 is 33.8 Å². The Morgan fingerprint density at radius 3 is 2.47 bits per heavy atom. The van der Waals surface area contributed by atoms with Gasteiger partial charge in [0.05, 0.1) is 17.3 Å². The molecule has 0 radical (unpaired) electrons. The molecule has 34 heavy (non-hydrogen) atoms. The fourth-order valence-electron chi connectivity index (χ4n) is 5.34. The second kappa shape index (κ2) is 8.08. The standard InChI is InChI=1S/C27H23N3O3S/c1-16-11-13-17(14-12-16)23-22-24(33-30(23)18-7-3-2-4-8-18)26(32)29(25(22)31)27-20(15-28)19-9-5-6-10-21(19)34-27/h2-4,7-8,11-14,22-24H,5-6,9-10H2,1H3/t22-,23-,24+/m0/s1. The zero-order chi connectivity index (χ0) is 23.4. The highest BCUT2D eigenvalue weighted by Crippen LogP contribution is 2.50. The first kappa shape index (κ1) is 21.1. The normalized spacial score (nSPS) is 23.7. The number of fused-ring (bicyclic) bond motifs is 2. The number of nitriles is 1. The largest absolute Gasteiger partial charge is 0.273 e. The molecule has 6 rings (SSSR count).